The van der Waals surface area contributed by atoms with Crippen molar-refractivity contribution in [2.24, 2.45) is 0 Å². The van der Waals surface area contributed by atoms with Gasteiger partial charge in [-0.25, -0.2) is 0 Å². The summed E-state index contributed by atoms with van der Waals surface area (Å²) < 4.78 is 5.30. The minimum Gasteiger partial charge on any atom is -0.460 e. The highest BCUT2D eigenvalue weighted by Crippen LogP contribution is 2.22. The topological polar surface area (TPSA) is 82.3 Å². The number of pyridine rings is 1. The fraction of sp³-hybridized carbons (Fsp3) is 0.375. The molecular weight excluding hydrogens is 284 g/mol. The van der Waals surface area contributed by atoms with Gasteiger partial charge in [-0.2, -0.15) is 0 Å². The summed E-state index contributed by atoms with van der Waals surface area (Å²) in [4.78, 5) is 26.7. The number of carbonyl (C=O) groups excluding carboxylic acids is 1. The predicted molar refractivity (Wildman–Crippen MR) is 82.7 cm³/mol. The van der Waals surface area contributed by atoms with Gasteiger partial charge in [-0.1, -0.05) is 0 Å². The first-order valence-corrected chi connectivity index (χ1v) is 6.92. The standard InChI is InChI=1S/C16H18N2O4/c1-10-11(9-15(19)22-16(2,3)4)7-12-8-13(18(20)21)5-6-14(12)17-10/h5-8H,9H2,1-4H3. The number of ether oxygens (including phenoxy) is 1. The quantitative estimate of drug-likeness (QED) is 0.493. The number of nitro benzene ring substituents is 1. The number of benzene rings is 1. The molecule has 0 saturated carbocycles. The van der Waals surface area contributed by atoms with Crippen LogP contribution < -0.4 is 0 Å². The zero-order valence-corrected chi connectivity index (χ0v) is 13.0. The van der Waals surface area contributed by atoms with Crippen LogP contribution in [-0.4, -0.2) is 21.5 Å². The molecule has 0 aliphatic rings. The van der Waals surface area contributed by atoms with Crippen LogP contribution in [0.1, 0.15) is 32.0 Å². The van der Waals surface area contributed by atoms with E-state index in [1.54, 1.807) is 39.8 Å². The lowest BCUT2D eigenvalue weighted by Gasteiger charge is -2.19. The van der Waals surface area contributed by atoms with E-state index < -0.39 is 10.5 Å². The van der Waals surface area contributed by atoms with E-state index in [4.69, 9.17) is 4.74 Å². The molecule has 6 heteroatoms. The summed E-state index contributed by atoms with van der Waals surface area (Å²) >= 11 is 0. The van der Waals surface area contributed by atoms with Crippen molar-refractivity contribution >= 4 is 22.6 Å². The molecule has 0 bridgehead atoms. The maximum atomic E-state index is 11.9. The number of nitrogens with zero attached hydrogens (tertiary/aromatic N) is 2. The number of nitro groups is 1. The van der Waals surface area contributed by atoms with E-state index in [1.807, 2.05) is 0 Å². The van der Waals surface area contributed by atoms with Crippen molar-refractivity contribution in [1.29, 1.82) is 0 Å². The Labute approximate surface area is 128 Å². The number of fused-ring (bicyclic) bond motifs is 1. The molecule has 0 amide bonds. The molecule has 0 aliphatic carbocycles. The van der Waals surface area contributed by atoms with E-state index in [1.165, 1.54) is 12.1 Å². The lowest BCUT2D eigenvalue weighted by atomic mass is 10.1. The Morgan fingerprint density at radius 2 is 2.00 bits per heavy atom. The van der Waals surface area contributed by atoms with Gasteiger partial charge < -0.3 is 4.74 Å². The molecule has 6 nitrogen and oxygen atoms in total. The van der Waals surface area contributed by atoms with Crippen molar-refractivity contribution in [1.82, 2.24) is 4.98 Å². The third-order valence-corrected chi connectivity index (χ3v) is 3.06. The van der Waals surface area contributed by atoms with Crippen molar-refractivity contribution in [2.45, 2.75) is 39.7 Å². The first kappa shape index (κ1) is 15.9. The van der Waals surface area contributed by atoms with E-state index in [0.717, 1.165) is 0 Å². The molecule has 22 heavy (non-hydrogen) atoms. The van der Waals surface area contributed by atoms with Gasteiger partial charge in [0.2, 0.25) is 0 Å². The lowest BCUT2D eigenvalue weighted by molar-refractivity contribution is -0.384. The zero-order valence-electron chi connectivity index (χ0n) is 13.0. The van der Waals surface area contributed by atoms with Crippen molar-refractivity contribution in [3.63, 3.8) is 0 Å². The Bertz CT molecular complexity index is 748. The summed E-state index contributed by atoms with van der Waals surface area (Å²) in [5, 5.41) is 11.5. The van der Waals surface area contributed by atoms with Gasteiger partial charge in [0.05, 0.1) is 16.9 Å². The Morgan fingerprint density at radius 3 is 2.59 bits per heavy atom. The van der Waals surface area contributed by atoms with Gasteiger partial charge in [0.15, 0.2) is 0 Å². The van der Waals surface area contributed by atoms with Gasteiger partial charge in [-0.3, -0.25) is 19.9 Å². The van der Waals surface area contributed by atoms with Crippen molar-refractivity contribution in [2.75, 3.05) is 0 Å². The van der Waals surface area contributed by atoms with Gasteiger partial charge in [0.25, 0.3) is 5.69 Å². The molecular formula is C16H18N2O4. The third-order valence-electron chi connectivity index (χ3n) is 3.06. The number of rotatable bonds is 3. The van der Waals surface area contributed by atoms with Crippen LogP contribution >= 0.6 is 0 Å². The molecule has 1 aromatic heterocycles. The zero-order chi connectivity index (χ0) is 16.5. The minimum absolute atomic E-state index is 0.00127. The van der Waals surface area contributed by atoms with E-state index in [9.17, 15) is 14.9 Å². The summed E-state index contributed by atoms with van der Waals surface area (Å²) in [5.74, 6) is -0.345. The fourth-order valence-electron chi connectivity index (χ4n) is 2.13. The van der Waals surface area contributed by atoms with Crippen molar-refractivity contribution in [3.05, 3.63) is 45.6 Å². The molecule has 0 atom stereocenters. The van der Waals surface area contributed by atoms with Crippen LogP contribution in [0.15, 0.2) is 24.3 Å². The Balaban J connectivity index is 2.35. The molecule has 0 unspecified atom stereocenters. The van der Waals surface area contributed by atoms with Crippen molar-refractivity contribution in [3.8, 4) is 0 Å². The van der Waals surface area contributed by atoms with Crippen LogP contribution in [-0.2, 0) is 16.0 Å². The van der Waals surface area contributed by atoms with Gasteiger partial charge in [-0.05, 0) is 45.4 Å². The second-order valence-electron chi connectivity index (χ2n) is 6.13. The summed E-state index contributed by atoms with van der Waals surface area (Å²) in [7, 11) is 0. The van der Waals surface area contributed by atoms with E-state index >= 15 is 0 Å². The van der Waals surface area contributed by atoms with Gasteiger partial charge in [0, 0.05) is 23.2 Å². The summed E-state index contributed by atoms with van der Waals surface area (Å²) in [6, 6.07) is 6.25. The lowest BCUT2D eigenvalue weighted by Crippen LogP contribution is -2.25. The monoisotopic (exact) mass is 302 g/mol. The Kier molecular flexibility index (Phi) is 4.12. The molecule has 1 aromatic carbocycles. The first-order chi connectivity index (χ1) is 10.2. The second-order valence-corrected chi connectivity index (χ2v) is 6.13. The molecule has 2 aromatic rings. The van der Waals surface area contributed by atoms with E-state index in [-0.39, 0.29) is 18.1 Å². The molecule has 0 saturated heterocycles. The van der Waals surface area contributed by atoms with Crippen LogP contribution in [0.3, 0.4) is 0 Å². The minimum atomic E-state index is -0.548. The second kappa shape index (κ2) is 5.71. The number of aromatic nitrogens is 1. The normalized spacial score (nSPS) is 11.5. The summed E-state index contributed by atoms with van der Waals surface area (Å²) in [6.07, 6.45) is 0.0920. The molecule has 0 spiro atoms. The van der Waals surface area contributed by atoms with Crippen LogP contribution in [0, 0.1) is 17.0 Å². The Hall–Kier alpha value is -2.50. The average molecular weight is 302 g/mol. The van der Waals surface area contributed by atoms with Crippen LogP contribution in [0.4, 0.5) is 5.69 Å². The largest absolute Gasteiger partial charge is 0.460 e. The van der Waals surface area contributed by atoms with Crippen LogP contribution in [0.5, 0.6) is 0 Å². The van der Waals surface area contributed by atoms with Crippen molar-refractivity contribution < 1.29 is 14.5 Å². The number of hydrogen-bond donors (Lipinski definition) is 0. The highest BCUT2D eigenvalue weighted by molar-refractivity contribution is 5.83. The van der Waals surface area contributed by atoms with E-state index in [2.05, 4.69) is 4.98 Å². The van der Waals surface area contributed by atoms with E-state index in [0.29, 0.717) is 22.2 Å². The predicted octanol–water partition coefficient (Wildman–Crippen LogP) is 3.34. The molecule has 0 fully saturated rings. The number of hydrogen-bond acceptors (Lipinski definition) is 5. The fourth-order valence-corrected chi connectivity index (χ4v) is 2.13. The smallest absolute Gasteiger partial charge is 0.310 e. The molecule has 0 radical (unpaired) electrons. The number of non-ortho nitro benzene ring substituents is 1. The molecule has 1 heterocycles. The van der Waals surface area contributed by atoms with Gasteiger partial charge in [0.1, 0.15) is 5.60 Å². The van der Waals surface area contributed by atoms with Gasteiger partial charge in [-0.15, -0.1) is 0 Å². The summed E-state index contributed by atoms with van der Waals surface area (Å²) in [6.45, 7) is 7.22. The molecule has 0 N–H and O–H groups in total. The van der Waals surface area contributed by atoms with Crippen LogP contribution in [0.2, 0.25) is 0 Å². The highest BCUT2D eigenvalue weighted by atomic mass is 16.6. The maximum Gasteiger partial charge on any atom is 0.310 e. The summed E-state index contributed by atoms with van der Waals surface area (Å²) in [5.41, 5.74) is 1.54. The number of aryl methyl sites for hydroxylation is 1. The highest BCUT2D eigenvalue weighted by Gasteiger charge is 2.18. The first-order valence-electron chi connectivity index (χ1n) is 6.92. The van der Waals surface area contributed by atoms with Gasteiger partial charge >= 0.3 is 5.97 Å². The Morgan fingerprint density at radius 1 is 1.32 bits per heavy atom. The molecule has 2 rings (SSSR count). The average Bonchev–Trinajstić information content (AvgIpc) is 2.36. The maximum absolute atomic E-state index is 11.9. The van der Waals surface area contributed by atoms with Crippen LogP contribution in [0.25, 0.3) is 10.9 Å². The number of esters is 1. The molecule has 116 valence electrons. The molecule has 0 aliphatic heterocycles. The third kappa shape index (κ3) is 3.78. The number of carbonyl (C=O) groups is 1. The SMILES string of the molecule is Cc1nc2ccc([N+](=O)[O-])cc2cc1CC(=O)OC(C)(C)C.